The van der Waals surface area contributed by atoms with E-state index in [0.29, 0.717) is 8.45 Å². The summed E-state index contributed by atoms with van der Waals surface area (Å²) in [6, 6.07) is 40.6. The number of hydrogen-bond acceptors (Lipinski definition) is 0. The van der Waals surface area contributed by atoms with Crippen molar-refractivity contribution in [1.29, 1.82) is 0 Å². The Hall–Kier alpha value is -2.13. The van der Waals surface area contributed by atoms with Crippen molar-refractivity contribution in [2.45, 2.75) is 34.4 Å². The van der Waals surface area contributed by atoms with Gasteiger partial charge in [0.05, 0.1) is 0 Å². The minimum Gasteiger partial charge on any atom is -1.00 e. The predicted octanol–water partition coefficient (Wildman–Crippen LogP) is 2.63. The zero-order valence-corrected chi connectivity index (χ0v) is 25.9. The second-order valence-electron chi connectivity index (χ2n) is 10.3. The van der Waals surface area contributed by atoms with Crippen molar-refractivity contribution in [2.75, 3.05) is 0 Å². The summed E-state index contributed by atoms with van der Waals surface area (Å²) in [6.07, 6.45) is 7.04. The van der Waals surface area contributed by atoms with Crippen molar-refractivity contribution in [3.8, 4) is 0 Å². The van der Waals surface area contributed by atoms with E-state index in [0.717, 1.165) is 12.8 Å². The molecule has 6 rings (SSSR count). The van der Waals surface area contributed by atoms with E-state index >= 15 is 0 Å². The normalized spacial score (nSPS) is 16.6. The fraction of sp³-hybridized carbons (Fsp3) is 0.176. The molecule has 2 atom stereocenters. The molecule has 4 aromatic rings. The molecule has 0 bridgehead atoms. The Morgan fingerprint density at radius 3 is 1.29 bits per heavy atom. The molecule has 0 aromatic heterocycles. The molecule has 2 aliphatic rings. The summed E-state index contributed by atoms with van der Waals surface area (Å²) in [7, 11) is 0. The fourth-order valence-corrected chi connectivity index (χ4v) is 18.8. The van der Waals surface area contributed by atoms with Crippen LogP contribution in [0.3, 0.4) is 0 Å². The van der Waals surface area contributed by atoms with Crippen LogP contribution in [0.15, 0.2) is 121 Å². The van der Waals surface area contributed by atoms with Crippen LogP contribution < -0.4 is 24.8 Å². The number of allylic oxidation sites excluding steroid dienone is 4. The van der Waals surface area contributed by atoms with E-state index in [1.165, 1.54) is 33.4 Å². The summed E-state index contributed by atoms with van der Waals surface area (Å²) in [5, 5.41) is 0. The molecule has 38 heavy (non-hydrogen) atoms. The van der Waals surface area contributed by atoms with E-state index in [1.54, 1.807) is 11.1 Å². The Morgan fingerprint density at radius 1 is 0.526 bits per heavy atom. The van der Waals surface area contributed by atoms with Crippen molar-refractivity contribution in [3.63, 3.8) is 0 Å². The predicted molar refractivity (Wildman–Crippen MR) is 152 cm³/mol. The largest absolute Gasteiger partial charge is 1.00 e. The van der Waals surface area contributed by atoms with Crippen LogP contribution >= 0.6 is 0 Å². The van der Waals surface area contributed by atoms with Gasteiger partial charge in [-0.15, -0.1) is 0 Å². The van der Waals surface area contributed by atoms with Crippen LogP contribution in [0, 0.1) is 0 Å². The molecule has 0 radical (unpaired) electrons. The molecule has 0 aliphatic heterocycles. The van der Waals surface area contributed by atoms with E-state index in [4.69, 9.17) is 0 Å². The second-order valence-corrected chi connectivity index (χ2v) is 22.7. The quantitative estimate of drug-likeness (QED) is 0.305. The molecule has 0 saturated heterocycles. The molecule has 0 fully saturated rings. The Morgan fingerprint density at radius 2 is 0.895 bits per heavy atom. The van der Waals surface area contributed by atoms with Crippen molar-refractivity contribution >= 4 is 17.3 Å². The van der Waals surface area contributed by atoms with Crippen LogP contribution in [0.5, 0.6) is 0 Å². The van der Waals surface area contributed by atoms with Crippen LogP contribution in [0.2, 0.25) is 13.1 Å². The molecular weight excluding hydrogens is 555 g/mol. The zero-order chi connectivity index (χ0) is 24.5. The van der Waals surface area contributed by atoms with Gasteiger partial charge in [0.25, 0.3) is 0 Å². The van der Waals surface area contributed by atoms with E-state index < -0.39 is 22.8 Å². The third-order valence-corrected chi connectivity index (χ3v) is 20.5. The minimum atomic E-state index is -1.60. The fourth-order valence-electron chi connectivity index (χ4n) is 6.15. The standard InChI is InChI=1S/2C16H13.C2H6Si.2ClH.Ti/c2*1-2-6-13(7-3-1)12-15-11-10-14-8-4-5-9-16(14)15;1-3-2;;;/h2*1-11H,12H2;1-2H3;2*1H;/q;;;;;+2/p-2. The second kappa shape index (κ2) is 12.8. The van der Waals surface area contributed by atoms with E-state index in [2.05, 4.69) is 134 Å². The molecule has 4 heteroatoms. The van der Waals surface area contributed by atoms with E-state index in [1.807, 2.05) is 0 Å². The Kier molecular flexibility index (Phi) is 9.74. The number of hydrogen-bond donors (Lipinski definition) is 0. The van der Waals surface area contributed by atoms with Crippen molar-refractivity contribution in [2.24, 2.45) is 0 Å². The van der Waals surface area contributed by atoms with Gasteiger partial charge in [0.2, 0.25) is 0 Å². The number of halogens is 2. The molecule has 0 N–H and O–H groups in total. The summed E-state index contributed by atoms with van der Waals surface area (Å²) >= 11 is -1.60. The first-order valence-electron chi connectivity index (χ1n) is 13.0. The first kappa shape index (κ1) is 28.9. The summed E-state index contributed by atoms with van der Waals surface area (Å²) < 4.78 is 1.27. The van der Waals surface area contributed by atoms with Gasteiger partial charge in [0.15, 0.2) is 0 Å². The van der Waals surface area contributed by atoms with Gasteiger partial charge in [0.1, 0.15) is 0 Å². The monoisotopic (exact) mass is 586 g/mol. The van der Waals surface area contributed by atoms with Crippen LogP contribution in [-0.2, 0) is 29.4 Å². The number of benzene rings is 4. The number of rotatable bonds is 6. The SMILES string of the molecule is C[Si](C)=[Ti+2]([C@@H]1C=C(Cc2ccccc2)c2ccccc21)[C@H]1C=C(Cc2ccccc2)c2ccccc21.[Cl-].[Cl-]. The summed E-state index contributed by atoms with van der Waals surface area (Å²) in [6.45, 7) is 5.19. The first-order valence-corrected chi connectivity index (χ1v) is 19.7. The molecule has 190 valence electrons. The first-order chi connectivity index (χ1) is 17.7. The maximum atomic E-state index is 2.70. The maximum absolute atomic E-state index is 2.70. The Bertz CT molecular complexity index is 1390. The Balaban J connectivity index is 0.00000168. The van der Waals surface area contributed by atoms with Gasteiger partial charge in [-0.3, -0.25) is 0 Å². The molecule has 0 nitrogen and oxygen atoms in total. The zero-order valence-electron chi connectivity index (χ0n) is 21.9. The third-order valence-electron chi connectivity index (χ3n) is 7.74. The minimum absolute atomic E-state index is 0. The van der Waals surface area contributed by atoms with Crippen molar-refractivity contribution < 1.29 is 41.4 Å². The van der Waals surface area contributed by atoms with Gasteiger partial charge in [-0.2, -0.15) is 0 Å². The van der Waals surface area contributed by atoms with Crippen LogP contribution in [0.1, 0.15) is 41.8 Å². The molecule has 0 spiro atoms. The van der Waals surface area contributed by atoms with Gasteiger partial charge in [-0.25, -0.2) is 0 Å². The molecule has 0 heterocycles. The average Bonchev–Trinajstić information content (AvgIpc) is 3.44. The summed E-state index contributed by atoms with van der Waals surface area (Å²) in [4.78, 5) is 0. The number of fused-ring (bicyclic) bond motifs is 2. The van der Waals surface area contributed by atoms with Crippen molar-refractivity contribution in [3.05, 3.63) is 155 Å². The molecule has 2 aliphatic carbocycles. The smallest absolute Gasteiger partial charge is 1.00 e. The maximum Gasteiger partial charge on any atom is -1.00 e. The van der Waals surface area contributed by atoms with Gasteiger partial charge < -0.3 is 24.8 Å². The molecule has 0 saturated carbocycles. The summed E-state index contributed by atoms with van der Waals surface area (Å²) in [5.74, 6) is 0. The van der Waals surface area contributed by atoms with E-state index in [-0.39, 0.29) is 24.8 Å². The van der Waals surface area contributed by atoms with E-state index in [9.17, 15) is 0 Å². The molecular formula is C34H32Cl2SiTi. The molecule has 0 amide bonds. The third kappa shape index (κ3) is 5.74. The topological polar surface area (TPSA) is 0 Å². The van der Waals surface area contributed by atoms with Crippen LogP contribution in [-0.4, -0.2) is 6.19 Å². The molecule has 4 aromatic carbocycles. The average molecular weight is 587 g/mol. The van der Waals surface area contributed by atoms with Crippen LogP contribution in [0.4, 0.5) is 0 Å². The van der Waals surface area contributed by atoms with Gasteiger partial charge in [0, 0.05) is 0 Å². The van der Waals surface area contributed by atoms with Crippen LogP contribution in [0.25, 0.3) is 11.1 Å². The Labute approximate surface area is 246 Å². The summed E-state index contributed by atoms with van der Waals surface area (Å²) in [5.41, 5.74) is 12.1. The van der Waals surface area contributed by atoms with Crippen molar-refractivity contribution in [1.82, 2.24) is 0 Å². The van der Waals surface area contributed by atoms with Gasteiger partial charge in [-0.1, -0.05) is 0 Å². The van der Waals surface area contributed by atoms with Gasteiger partial charge >= 0.3 is 223 Å². The molecule has 0 unspecified atom stereocenters. The van der Waals surface area contributed by atoms with Gasteiger partial charge in [-0.05, 0) is 0 Å².